The second-order valence-electron chi connectivity index (χ2n) is 3.04. The number of hydrogen-bond acceptors (Lipinski definition) is 5. The minimum Gasteiger partial charge on any atom is -0.479 e. The predicted octanol–water partition coefficient (Wildman–Crippen LogP) is -1.94. The van der Waals surface area contributed by atoms with E-state index >= 15 is 0 Å². The second kappa shape index (κ2) is 3.16. The van der Waals surface area contributed by atoms with Gasteiger partial charge in [0.1, 0.15) is 0 Å². The summed E-state index contributed by atoms with van der Waals surface area (Å²) in [5.74, 6) is -6.49. The summed E-state index contributed by atoms with van der Waals surface area (Å²) in [6.07, 6.45) is 1.64. The average Bonchev–Trinajstić information content (AvgIpc) is 2.09. The van der Waals surface area contributed by atoms with Crippen LogP contribution in [-0.2, 0) is 9.59 Å². The molecule has 0 bridgehead atoms. The smallest absolute Gasteiger partial charge is 0.346 e. The van der Waals surface area contributed by atoms with E-state index in [9.17, 15) is 14.7 Å². The van der Waals surface area contributed by atoms with Crippen molar-refractivity contribution in [2.24, 2.45) is 0 Å². The molecule has 1 unspecified atom stereocenters. The number of aliphatic carboxylic acids is 2. The summed E-state index contributed by atoms with van der Waals surface area (Å²) in [7, 11) is 0. The van der Waals surface area contributed by atoms with Crippen molar-refractivity contribution in [2.45, 2.75) is 11.4 Å². The Morgan fingerprint density at radius 3 is 2.07 bits per heavy atom. The van der Waals surface area contributed by atoms with Gasteiger partial charge in [0, 0.05) is 0 Å². The van der Waals surface area contributed by atoms with Crippen LogP contribution in [0.3, 0.4) is 0 Å². The van der Waals surface area contributed by atoms with Gasteiger partial charge in [0.25, 0.3) is 0 Å². The fourth-order valence-electron chi connectivity index (χ4n) is 1.06. The van der Waals surface area contributed by atoms with Gasteiger partial charge in [0.2, 0.25) is 11.4 Å². The predicted molar refractivity (Wildman–Crippen MR) is 44.6 cm³/mol. The van der Waals surface area contributed by atoms with E-state index in [1.807, 2.05) is 0 Å². The third kappa shape index (κ3) is 1.63. The van der Waals surface area contributed by atoms with E-state index in [4.69, 9.17) is 20.4 Å². The van der Waals surface area contributed by atoms with Crippen molar-refractivity contribution in [1.29, 1.82) is 0 Å². The van der Waals surface area contributed by atoms with Crippen molar-refractivity contribution in [2.75, 3.05) is 0 Å². The highest BCUT2D eigenvalue weighted by molar-refractivity contribution is 5.94. The number of rotatable bonds is 2. The van der Waals surface area contributed by atoms with Crippen LogP contribution in [0.1, 0.15) is 0 Å². The Morgan fingerprint density at radius 2 is 1.67 bits per heavy atom. The van der Waals surface area contributed by atoms with Gasteiger partial charge in [-0.25, -0.2) is 9.59 Å². The fourth-order valence-corrected chi connectivity index (χ4v) is 1.06. The maximum atomic E-state index is 10.6. The van der Waals surface area contributed by atoms with E-state index in [-0.39, 0.29) is 0 Å². The van der Waals surface area contributed by atoms with E-state index < -0.39 is 28.9 Å². The van der Waals surface area contributed by atoms with Crippen LogP contribution < -0.4 is 0 Å². The van der Waals surface area contributed by atoms with Crippen LogP contribution in [0.4, 0.5) is 0 Å². The fraction of sp³-hybridized carbons (Fsp3) is 0.250. The lowest BCUT2D eigenvalue weighted by molar-refractivity contribution is -0.231. The van der Waals surface area contributed by atoms with Gasteiger partial charge in [0.05, 0.1) is 5.57 Å². The largest absolute Gasteiger partial charge is 0.479 e. The van der Waals surface area contributed by atoms with E-state index in [0.717, 1.165) is 6.08 Å². The molecule has 0 aromatic rings. The van der Waals surface area contributed by atoms with Crippen molar-refractivity contribution < 1.29 is 35.1 Å². The molecule has 7 nitrogen and oxygen atoms in total. The molecular weight excluding hydrogens is 208 g/mol. The normalized spacial score (nSPS) is 28.3. The van der Waals surface area contributed by atoms with Gasteiger partial charge in [-0.15, -0.1) is 0 Å². The molecule has 0 aromatic carbocycles. The van der Waals surface area contributed by atoms with Crippen molar-refractivity contribution in [3.05, 3.63) is 23.8 Å². The first kappa shape index (κ1) is 11.4. The lowest BCUT2D eigenvalue weighted by Gasteiger charge is -2.33. The molecule has 0 radical (unpaired) electrons. The topological polar surface area (TPSA) is 135 Å². The van der Waals surface area contributed by atoms with Crippen molar-refractivity contribution in [3.63, 3.8) is 0 Å². The molecule has 0 aromatic heterocycles. The van der Waals surface area contributed by atoms with Gasteiger partial charge >= 0.3 is 11.9 Å². The Hall–Kier alpha value is -1.70. The van der Waals surface area contributed by atoms with Gasteiger partial charge in [-0.3, -0.25) is 0 Å². The molecule has 0 saturated carbocycles. The Balaban J connectivity index is 3.29. The molecule has 1 aliphatic carbocycles. The molecule has 1 atom stereocenters. The first-order valence-electron chi connectivity index (χ1n) is 3.76. The Kier molecular flexibility index (Phi) is 2.40. The highest BCUT2D eigenvalue weighted by Crippen LogP contribution is 2.29. The molecule has 1 aliphatic rings. The maximum absolute atomic E-state index is 10.6. The van der Waals surface area contributed by atoms with Crippen LogP contribution in [0, 0.1) is 0 Å². The zero-order chi connectivity index (χ0) is 11.9. The molecule has 82 valence electrons. The number of hydrogen-bond donors (Lipinski definition) is 5. The number of carboxylic acid groups (broad SMARTS) is 2. The summed E-state index contributed by atoms with van der Waals surface area (Å²) in [5, 5.41) is 44.9. The molecule has 0 spiro atoms. The molecule has 0 saturated heterocycles. The first-order chi connectivity index (χ1) is 6.71. The summed E-state index contributed by atoms with van der Waals surface area (Å²) in [5.41, 5.74) is -3.62. The summed E-state index contributed by atoms with van der Waals surface area (Å²) < 4.78 is 0. The standard InChI is InChI=1S/C8H8O7/c9-5(10)4-1-2-8(14,15)7(13,3-4)6(11)12/h1-3,13-15H,(H,9,10)(H,11,12). The molecule has 5 N–H and O–H groups in total. The molecule has 0 aliphatic heterocycles. The Bertz CT molecular complexity index is 378. The van der Waals surface area contributed by atoms with E-state index in [0.29, 0.717) is 12.2 Å². The summed E-state index contributed by atoms with van der Waals surface area (Å²) in [6, 6.07) is 0. The monoisotopic (exact) mass is 216 g/mol. The lowest BCUT2D eigenvalue weighted by Crippen LogP contribution is -2.58. The maximum Gasteiger partial charge on any atom is 0.346 e. The van der Waals surface area contributed by atoms with Gasteiger partial charge < -0.3 is 25.5 Å². The third-order valence-corrected chi connectivity index (χ3v) is 1.99. The highest BCUT2D eigenvalue weighted by Gasteiger charge is 2.54. The average molecular weight is 216 g/mol. The van der Waals surface area contributed by atoms with Gasteiger partial charge in [-0.1, -0.05) is 0 Å². The Labute approximate surface area is 83.2 Å². The first-order valence-corrected chi connectivity index (χ1v) is 3.76. The summed E-state index contributed by atoms with van der Waals surface area (Å²) in [4.78, 5) is 21.1. The van der Waals surface area contributed by atoms with Crippen LogP contribution in [0.2, 0.25) is 0 Å². The SMILES string of the molecule is O=C(O)C1=CC(O)(C(=O)O)C(O)(O)C=C1. The minimum absolute atomic E-state index is 0.359. The van der Waals surface area contributed by atoms with Gasteiger partial charge in [0.15, 0.2) is 0 Å². The molecule has 1 rings (SSSR count). The van der Waals surface area contributed by atoms with Crippen LogP contribution >= 0.6 is 0 Å². The summed E-state index contributed by atoms with van der Waals surface area (Å²) >= 11 is 0. The van der Waals surface area contributed by atoms with Crippen molar-refractivity contribution in [1.82, 2.24) is 0 Å². The third-order valence-electron chi connectivity index (χ3n) is 1.99. The van der Waals surface area contributed by atoms with Gasteiger partial charge in [-0.2, -0.15) is 0 Å². The molecule has 0 heterocycles. The number of carboxylic acids is 2. The highest BCUT2D eigenvalue weighted by atomic mass is 16.5. The van der Waals surface area contributed by atoms with E-state index in [1.54, 1.807) is 0 Å². The zero-order valence-corrected chi connectivity index (χ0v) is 7.28. The molecule has 0 fully saturated rings. The number of aliphatic hydroxyl groups is 3. The van der Waals surface area contributed by atoms with Crippen LogP contribution in [-0.4, -0.2) is 48.9 Å². The van der Waals surface area contributed by atoms with Crippen molar-refractivity contribution >= 4 is 11.9 Å². The minimum atomic E-state index is -3.07. The molecular formula is C8H8O7. The molecule has 0 amide bonds. The van der Waals surface area contributed by atoms with Gasteiger partial charge in [-0.05, 0) is 18.2 Å². The quantitative estimate of drug-likeness (QED) is 0.339. The lowest BCUT2D eigenvalue weighted by atomic mass is 9.86. The zero-order valence-electron chi connectivity index (χ0n) is 7.28. The van der Waals surface area contributed by atoms with Crippen molar-refractivity contribution in [3.8, 4) is 0 Å². The van der Waals surface area contributed by atoms with E-state index in [2.05, 4.69) is 0 Å². The molecule has 7 heteroatoms. The van der Waals surface area contributed by atoms with Crippen LogP contribution in [0.15, 0.2) is 23.8 Å². The summed E-state index contributed by atoms with van der Waals surface area (Å²) in [6.45, 7) is 0. The van der Waals surface area contributed by atoms with E-state index in [1.165, 1.54) is 0 Å². The number of carbonyl (C=O) groups is 2. The Morgan fingerprint density at radius 1 is 1.13 bits per heavy atom. The van der Waals surface area contributed by atoms with Crippen LogP contribution in [0.25, 0.3) is 0 Å². The second-order valence-corrected chi connectivity index (χ2v) is 3.04. The van der Waals surface area contributed by atoms with Crippen LogP contribution in [0.5, 0.6) is 0 Å². The molecule has 15 heavy (non-hydrogen) atoms.